The van der Waals surface area contributed by atoms with Crippen LogP contribution >= 0.6 is 0 Å². The van der Waals surface area contributed by atoms with Crippen LogP contribution in [0.4, 0.5) is 0 Å². The zero-order valence-corrected chi connectivity index (χ0v) is 17.2. The van der Waals surface area contributed by atoms with E-state index in [0.29, 0.717) is 11.0 Å². The summed E-state index contributed by atoms with van der Waals surface area (Å²) in [5.74, 6) is -2.28. The molecular weight excluding hydrogens is 412 g/mol. The molecule has 0 saturated heterocycles. The van der Waals surface area contributed by atoms with Gasteiger partial charge in [-0.2, -0.15) is 8.42 Å². The lowest BCUT2D eigenvalue weighted by Crippen LogP contribution is -2.15. The number of carbonyl (C=O) groups excluding carboxylic acids is 2. The fourth-order valence-corrected chi connectivity index (χ4v) is 3.59. The second-order valence-electron chi connectivity index (χ2n) is 6.18. The van der Waals surface area contributed by atoms with Crippen molar-refractivity contribution in [3.8, 4) is 5.75 Å². The second-order valence-corrected chi connectivity index (χ2v) is 7.73. The highest BCUT2D eigenvalue weighted by Crippen LogP contribution is 2.36. The fraction of sp³-hybridized carbons (Fsp3) is 0.143. The van der Waals surface area contributed by atoms with Crippen LogP contribution in [0.5, 0.6) is 5.75 Å². The first-order valence-corrected chi connectivity index (χ1v) is 10.1. The van der Waals surface area contributed by atoms with Crippen LogP contribution < -0.4 is 4.18 Å². The molecule has 0 spiro atoms. The van der Waals surface area contributed by atoms with Gasteiger partial charge >= 0.3 is 22.1 Å². The molecule has 9 heteroatoms. The molecule has 2 aromatic carbocycles. The van der Waals surface area contributed by atoms with Crippen LogP contribution in [0.2, 0.25) is 0 Å². The highest BCUT2D eigenvalue weighted by atomic mass is 32.2. The van der Waals surface area contributed by atoms with Crippen molar-refractivity contribution in [1.82, 2.24) is 0 Å². The molecule has 156 valence electrons. The molecule has 0 aliphatic rings. The van der Waals surface area contributed by atoms with E-state index in [1.165, 1.54) is 12.1 Å². The average Bonchev–Trinajstić information content (AvgIpc) is 3.07. The number of hydrogen-bond acceptors (Lipinski definition) is 8. The Morgan fingerprint density at radius 3 is 2.13 bits per heavy atom. The summed E-state index contributed by atoms with van der Waals surface area (Å²) in [6, 6.07) is 12.6. The zero-order valence-electron chi connectivity index (χ0n) is 16.4. The Bertz CT molecular complexity index is 1220. The summed E-state index contributed by atoms with van der Waals surface area (Å²) in [4.78, 5) is 23.9. The minimum atomic E-state index is -4.22. The van der Waals surface area contributed by atoms with Gasteiger partial charge in [0, 0.05) is 6.08 Å². The number of aryl methyl sites for hydroxylation is 1. The molecule has 0 unspecified atom stereocenters. The lowest BCUT2D eigenvalue weighted by atomic mass is 10.2. The van der Waals surface area contributed by atoms with Crippen LogP contribution in [0.15, 0.2) is 63.4 Å². The maximum atomic E-state index is 12.8. The minimum absolute atomic E-state index is 0.0607. The van der Waals surface area contributed by atoms with E-state index < -0.39 is 27.6 Å². The number of esters is 2. The maximum absolute atomic E-state index is 12.8. The highest BCUT2D eigenvalue weighted by molar-refractivity contribution is 7.87. The number of fused-ring (bicyclic) bond motifs is 1. The summed E-state index contributed by atoms with van der Waals surface area (Å²) >= 11 is 0. The largest absolute Gasteiger partial charge is 0.465 e. The Hall–Kier alpha value is -3.59. The minimum Gasteiger partial charge on any atom is -0.465 e. The Balaban J connectivity index is 2.16. The van der Waals surface area contributed by atoms with E-state index in [4.69, 9.17) is 8.60 Å². The number of para-hydroxylation sites is 1. The van der Waals surface area contributed by atoms with Gasteiger partial charge in [-0.1, -0.05) is 29.8 Å². The molecule has 0 aliphatic carbocycles. The number of ether oxygens (including phenoxy) is 2. The van der Waals surface area contributed by atoms with Crippen LogP contribution in [0.25, 0.3) is 17.0 Å². The van der Waals surface area contributed by atoms with Crippen LogP contribution in [0, 0.1) is 6.92 Å². The Kier molecular flexibility index (Phi) is 5.93. The van der Waals surface area contributed by atoms with Crippen LogP contribution in [-0.2, 0) is 29.2 Å². The van der Waals surface area contributed by atoms with E-state index in [1.807, 2.05) is 6.92 Å². The van der Waals surface area contributed by atoms with Crippen molar-refractivity contribution in [2.24, 2.45) is 0 Å². The predicted molar refractivity (Wildman–Crippen MR) is 107 cm³/mol. The van der Waals surface area contributed by atoms with Crippen molar-refractivity contribution in [3.05, 3.63) is 65.4 Å². The van der Waals surface area contributed by atoms with E-state index in [-0.39, 0.29) is 16.4 Å². The number of hydrogen-bond donors (Lipinski definition) is 0. The molecule has 3 rings (SSSR count). The van der Waals surface area contributed by atoms with Crippen molar-refractivity contribution < 1.29 is 36.1 Å². The first-order chi connectivity index (χ1) is 14.3. The number of rotatable bonds is 6. The van der Waals surface area contributed by atoms with E-state index in [1.54, 1.807) is 36.4 Å². The van der Waals surface area contributed by atoms with E-state index in [9.17, 15) is 18.0 Å². The highest BCUT2D eigenvalue weighted by Gasteiger charge is 2.26. The SMILES string of the molecule is COC(=O)C(=Cc1oc2ccccc2c1OS(=O)(=O)c1ccc(C)cc1)C(=O)OC. The van der Waals surface area contributed by atoms with E-state index in [2.05, 4.69) is 9.47 Å². The molecule has 0 radical (unpaired) electrons. The van der Waals surface area contributed by atoms with Gasteiger partial charge in [0.05, 0.1) is 19.6 Å². The molecular formula is C21H18O8S. The van der Waals surface area contributed by atoms with Crippen molar-refractivity contribution in [3.63, 3.8) is 0 Å². The zero-order chi connectivity index (χ0) is 21.9. The van der Waals surface area contributed by atoms with E-state index in [0.717, 1.165) is 25.9 Å². The average molecular weight is 430 g/mol. The number of benzene rings is 2. The van der Waals surface area contributed by atoms with Gasteiger partial charge in [-0.15, -0.1) is 0 Å². The maximum Gasteiger partial charge on any atom is 0.345 e. The summed E-state index contributed by atoms with van der Waals surface area (Å²) in [5, 5.41) is 0.341. The second kappa shape index (κ2) is 8.42. The molecule has 0 aliphatic heterocycles. The Morgan fingerprint density at radius 2 is 1.53 bits per heavy atom. The number of methoxy groups -OCH3 is 2. The van der Waals surface area contributed by atoms with Crippen LogP contribution in [0.1, 0.15) is 11.3 Å². The lowest BCUT2D eigenvalue weighted by Gasteiger charge is -2.08. The summed E-state index contributed by atoms with van der Waals surface area (Å²) in [6.07, 6.45) is 1.03. The predicted octanol–water partition coefficient (Wildman–Crippen LogP) is 3.24. The molecule has 1 aromatic heterocycles. The molecule has 0 fully saturated rings. The molecule has 0 amide bonds. The quantitative estimate of drug-likeness (QED) is 0.193. The number of furan rings is 1. The third-order valence-corrected chi connectivity index (χ3v) is 5.40. The lowest BCUT2D eigenvalue weighted by molar-refractivity contribution is -0.143. The molecule has 3 aromatic rings. The van der Waals surface area contributed by atoms with Crippen molar-refractivity contribution in [2.45, 2.75) is 11.8 Å². The van der Waals surface area contributed by atoms with Gasteiger partial charge < -0.3 is 18.1 Å². The molecule has 30 heavy (non-hydrogen) atoms. The van der Waals surface area contributed by atoms with Crippen molar-refractivity contribution in [2.75, 3.05) is 14.2 Å². The summed E-state index contributed by atoms with van der Waals surface area (Å²) in [7, 11) is -2.03. The van der Waals surface area contributed by atoms with Crippen molar-refractivity contribution in [1.29, 1.82) is 0 Å². The van der Waals surface area contributed by atoms with Gasteiger partial charge in [0.25, 0.3) is 0 Å². The Morgan fingerprint density at radius 1 is 0.933 bits per heavy atom. The Labute approximate surface area is 172 Å². The van der Waals surface area contributed by atoms with Gasteiger partial charge in [0.2, 0.25) is 0 Å². The van der Waals surface area contributed by atoms with Crippen molar-refractivity contribution >= 4 is 39.1 Å². The smallest absolute Gasteiger partial charge is 0.345 e. The third kappa shape index (κ3) is 4.20. The molecule has 0 atom stereocenters. The molecule has 0 N–H and O–H groups in total. The van der Waals surface area contributed by atoms with Gasteiger partial charge in [0.1, 0.15) is 16.1 Å². The topological polar surface area (TPSA) is 109 Å². The van der Waals surface area contributed by atoms with E-state index >= 15 is 0 Å². The fourth-order valence-electron chi connectivity index (χ4n) is 2.64. The standard InChI is InChI=1S/C21H18O8S/c1-13-8-10-14(11-9-13)30(24,25)29-19-15-6-4-5-7-17(15)28-18(19)12-16(20(22)26-2)21(23)27-3/h4-12H,1-3H3. The monoisotopic (exact) mass is 430 g/mol. The summed E-state index contributed by atoms with van der Waals surface area (Å²) in [6.45, 7) is 1.82. The normalized spacial score (nSPS) is 11.0. The van der Waals surface area contributed by atoms with Crippen LogP contribution in [-0.4, -0.2) is 34.6 Å². The van der Waals surface area contributed by atoms with Crippen LogP contribution in [0.3, 0.4) is 0 Å². The van der Waals surface area contributed by atoms with Gasteiger partial charge in [-0.25, -0.2) is 9.59 Å². The van der Waals surface area contributed by atoms with Gasteiger partial charge in [-0.3, -0.25) is 0 Å². The summed E-state index contributed by atoms with van der Waals surface area (Å²) < 4.78 is 45.8. The van der Waals surface area contributed by atoms with Gasteiger partial charge in [0.15, 0.2) is 11.5 Å². The van der Waals surface area contributed by atoms with Gasteiger partial charge in [-0.05, 0) is 31.2 Å². The molecule has 0 bridgehead atoms. The summed E-state index contributed by atoms with van der Waals surface area (Å²) in [5.41, 5.74) is 0.690. The third-order valence-electron chi connectivity index (χ3n) is 4.16. The number of carbonyl (C=O) groups is 2. The first kappa shape index (κ1) is 21.1. The molecule has 1 heterocycles. The molecule has 8 nitrogen and oxygen atoms in total. The molecule has 0 saturated carbocycles. The first-order valence-electron chi connectivity index (χ1n) is 8.68.